The Morgan fingerprint density at radius 3 is 2.74 bits per heavy atom. The van der Waals surface area contributed by atoms with Crippen LogP contribution in [0.25, 0.3) is 0 Å². The third-order valence-corrected chi connectivity index (χ3v) is 3.82. The zero-order valence-electron chi connectivity index (χ0n) is 11.5. The molecule has 1 fully saturated rings. The van der Waals surface area contributed by atoms with Crippen LogP contribution in [-0.4, -0.2) is 41.8 Å². The van der Waals surface area contributed by atoms with Crippen molar-refractivity contribution < 1.29 is 14.6 Å². The second kappa shape index (κ2) is 6.17. The van der Waals surface area contributed by atoms with Gasteiger partial charge in [-0.25, -0.2) is 0 Å². The molecule has 2 atom stereocenters. The van der Waals surface area contributed by atoms with Crippen LogP contribution in [0.1, 0.15) is 31.0 Å². The quantitative estimate of drug-likeness (QED) is 0.903. The van der Waals surface area contributed by atoms with E-state index in [0.717, 1.165) is 12.0 Å². The van der Waals surface area contributed by atoms with E-state index in [-0.39, 0.29) is 12.6 Å². The van der Waals surface area contributed by atoms with Crippen molar-refractivity contribution in [2.45, 2.75) is 32.4 Å². The molecule has 1 saturated heterocycles. The molecule has 1 aromatic carbocycles. The zero-order valence-corrected chi connectivity index (χ0v) is 11.5. The van der Waals surface area contributed by atoms with Crippen LogP contribution in [0.5, 0.6) is 0 Å². The van der Waals surface area contributed by atoms with Crippen molar-refractivity contribution in [1.29, 1.82) is 0 Å². The molecule has 0 aromatic heterocycles. The first-order valence-corrected chi connectivity index (χ1v) is 6.78. The van der Waals surface area contributed by atoms with Crippen LogP contribution in [0.3, 0.4) is 0 Å². The van der Waals surface area contributed by atoms with Gasteiger partial charge in [-0.2, -0.15) is 0 Å². The van der Waals surface area contributed by atoms with E-state index in [4.69, 9.17) is 4.74 Å². The van der Waals surface area contributed by atoms with E-state index < -0.39 is 12.0 Å². The molecule has 2 unspecified atom stereocenters. The minimum absolute atomic E-state index is 0.0934. The molecule has 0 radical (unpaired) electrons. The van der Waals surface area contributed by atoms with Gasteiger partial charge >= 0.3 is 5.97 Å². The normalized spacial score (nSPS) is 22.1. The molecule has 0 saturated carbocycles. The van der Waals surface area contributed by atoms with E-state index >= 15 is 0 Å². The minimum atomic E-state index is -0.809. The average molecular weight is 263 g/mol. The van der Waals surface area contributed by atoms with Crippen LogP contribution in [0.4, 0.5) is 0 Å². The SMILES string of the molecule is CCc1ccc(C(C)N2CCOCC2C(=O)O)cc1. The zero-order chi connectivity index (χ0) is 13.8. The summed E-state index contributed by atoms with van der Waals surface area (Å²) in [5, 5.41) is 9.26. The monoisotopic (exact) mass is 263 g/mol. The first-order valence-electron chi connectivity index (χ1n) is 6.78. The molecule has 0 spiro atoms. The van der Waals surface area contributed by atoms with Crippen molar-refractivity contribution in [3.63, 3.8) is 0 Å². The third-order valence-electron chi connectivity index (χ3n) is 3.82. The number of nitrogens with zero attached hydrogens (tertiary/aromatic N) is 1. The molecule has 1 aromatic rings. The van der Waals surface area contributed by atoms with Crippen molar-refractivity contribution in [2.24, 2.45) is 0 Å². The number of aryl methyl sites for hydroxylation is 1. The molecule has 2 rings (SSSR count). The summed E-state index contributed by atoms with van der Waals surface area (Å²) in [4.78, 5) is 13.3. The van der Waals surface area contributed by atoms with Gasteiger partial charge in [0.05, 0.1) is 13.2 Å². The van der Waals surface area contributed by atoms with Crippen LogP contribution >= 0.6 is 0 Å². The number of carboxylic acid groups (broad SMARTS) is 1. The van der Waals surface area contributed by atoms with E-state index in [2.05, 4.69) is 38.1 Å². The van der Waals surface area contributed by atoms with Crippen LogP contribution < -0.4 is 0 Å². The summed E-state index contributed by atoms with van der Waals surface area (Å²) in [6, 6.07) is 7.96. The van der Waals surface area contributed by atoms with Crippen molar-refractivity contribution in [3.8, 4) is 0 Å². The van der Waals surface area contributed by atoms with Gasteiger partial charge in [0.2, 0.25) is 0 Å². The maximum atomic E-state index is 11.3. The Bertz CT molecular complexity index is 430. The van der Waals surface area contributed by atoms with Gasteiger partial charge in [0.25, 0.3) is 0 Å². The summed E-state index contributed by atoms with van der Waals surface area (Å²) < 4.78 is 5.27. The molecule has 4 nitrogen and oxygen atoms in total. The molecule has 1 aliphatic rings. The first kappa shape index (κ1) is 14.0. The fourth-order valence-corrected chi connectivity index (χ4v) is 2.52. The second-order valence-electron chi connectivity index (χ2n) is 4.94. The van der Waals surface area contributed by atoms with Crippen LogP contribution in [-0.2, 0) is 16.0 Å². The summed E-state index contributed by atoms with van der Waals surface area (Å²) >= 11 is 0. The van der Waals surface area contributed by atoms with Crippen LogP contribution in [0, 0.1) is 0 Å². The van der Waals surface area contributed by atoms with Crippen molar-refractivity contribution in [3.05, 3.63) is 35.4 Å². The first-order chi connectivity index (χ1) is 9.13. The number of ether oxygens (including phenoxy) is 1. The maximum Gasteiger partial charge on any atom is 0.323 e. The molecular formula is C15H21NO3. The van der Waals surface area contributed by atoms with E-state index in [0.29, 0.717) is 13.2 Å². The van der Waals surface area contributed by atoms with Gasteiger partial charge in [0.1, 0.15) is 6.04 Å². The highest BCUT2D eigenvalue weighted by atomic mass is 16.5. The highest BCUT2D eigenvalue weighted by molar-refractivity contribution is 5.73. The number of aliphatic carboxylic acids is 1. The van der Waals surface area contributed by atoms with Crippen LogP contribution in [0.2, 0.25) is 0 Å². The largest absolute Gasteiger partial charge is 0.480 e. The predicted molar refractivity (Wildman–Crippen MR) is 73.2 cm³/mol. The van der Waals surface area contributed by atoms with Gasteiger partial charge < -0.3 is 9.84 Å². The molecule has 1 N–H and O–H groups in total. The summed E-state index contributed by atoms with van der Waals surface area (Å²) in [7, 11) is 0. The van der Waals surface area contributed by atoms with Crippen molar-refractivity contribution >= 4 is 5.97 Å². The molecule has 0 amide bonds. The highest BCUT2D eigenvalue weighted by Crippen LogP contribution is 2.24. The summed E-state index contributed by atoms with van der Waals surface area (Å²) in [5.74, 6) is -0.809. The number of carboxylic acids is 1. The molecule has 4 heteroatoms. The topological polar surface area (TPSA) is 49.8 Å². The Labute approximate surface area is 114 Å². The van der Waals surface area contributed by atoms with Gasteiger partial charge in [0.15, 0.2) is 0 Å². The van der Waals surface area contributed by atoms with E-state index in [1.165, 1.54) is 5.56 Å². The van der Waals surface area contributed by atoms with E-state index in [9.17, 15) is 9.90 Å². The minimum Gasteiger partial charge on any atom is -0.480 e. The maximum absolute atomic E-state index is 11.3. The lowest BCUT2D eigenvalue weighted by Gasteiger charge is -2.37. The van der Waals surface area contributed by atoms with E-state index in [1.807, 2.05) is 4.90 Å². The molecule has 1 aliphatic heterocycles. The molecule has 19 heavy (non-hydrogen) atoms. The standard InChI is InChI=1S/C15H21NO3/c1-3-12-4-6-13(7-5-12)11(2)16-8-9-19-10-14(16)15(17)18/h4-7,11,14H,3,8-10H2,1-2H3,(H,17,18). The number of benzene rings is 1. The Morgan fingerprint density at radius 1 is 1.47 bits per heavy atom. The Balaban J connectivity index is 2.15. The fourth-order valence-electron chi connectivity index (χ4n) is 2.52. The summed E-state index contributed by atoms with van der Waals surface area (Å²) in [6.07, 6.45) is 1.02. The Kier molecular flexibility index (Phi) is 4.56. The molecule has 0 bridgehead atoms. The number of morpholine rings is 1. The summed E-state index contributed by atoms with van der Waals surface area (Å²) in [5.41, 5.74) is 2.46. The Hall–Kier alpha value is -1.39. The van der Waals surface area contributed by atoms with Crippen LogP contribution in [0.15, 0.2) is 24.3 Å². The van der Waals surface area contributed by atoms with Gasteiger partial charge in [-0.3, -0.25) is 9.69 Å². The van der Waals surface area contributed by atoms with Crippen molar-refractivity contribution in [1.82, 2.24) is 4.90 Å². The predicted octanol–water partition coefficient (Wildman–Crippen LogP) is 2.10. The highest BCUT2D eigenvalue weighted by Gasteiger charge is 2.32. The second-order valence-corrected chi connectivity index (χ2v) is 4.94. The van der Waals surface area contributed by atoms with Crippen molar-refractivity contribution in [2.75, 3.05) is 19.8 Å². The van der Waals surface area contributed by atoms with E-state index in [1.54, 1.807) is 0 Å². The number of hydrogen-bond donors (Lipinski definition) is 1. The summed E-state index contributed by atoms with van der Waals surface area (Å²) in [6.45, 7) is 5.71. The van der Waals surface area contributed by atoms with Gasteiger partial charge in [-0.15, -0.1) is 0 Å². The number of hydrogen-bond acceptors (Lipinski definition) is 3. The molecule has 0 aliphatic carbocycles. The smallest absolute Gasteiger partial charge is 0.323 e. The molecular weight excluding hydrogens is 242 g/mol. The fraction of sp³-hybridized carbons (Fsp3) is 0.533. The third kappa shape index (κ3) is 3.14. The van der Waals surface area contributed by atoms with Gasteiger partial charge in [0, 0.05) is 12.6 Å². The Morgan fingerprint density at radius 2 is 2.16 bits per heavy atom. The van der Waals surface area contributed by atoms with Gasteiger partial charge in [-0.05, 0) is 24.5 Å². The lowest BCUT2D eigenvalue weighted by Crippen LogP contribution is -2.50. The van der Waals surface area contributed by atoms with Gasteiger partial charge in [-0.1, -0.05) is 31.2 Å². The lowest BCUT2D eigenvalue weighted by molar-refractivity contribution is -0.151. The molecule has 104 valence electrons. The number of rotatable bonds is 4. The number of carbonyl (C=O) groups is 1. The lowest BCUT2D eigenvalue weighted by atomic mass is 10.0. The molecule has 1 heterocycles. The average Bonchev–Trinajstić information content (AvgIpc) is 2.46.